The summed E-state index contributed by atoms with van der Waals surface area (Å²) in [7, 11) is 0. The molecule has 6 nitrogen and oxygen atoms in total. The van der Waals surface area contributed by atoms with Crippen LogP contribution in [0.15, 0.2) is 60.7 Å². The first-order valence-corrected chi connectivity index (χ1v) is 8.36. The van der Waals surface area contributed by atoms with E-state index in [1.807, 2.05) is 62.4 Å². The van der Waals surface area contributed by atoms with Gasteiger partial charge in [0.25, 0.3) is 5.91 Å². The highest BCUT2D eigenvalue weighted by Crippen LogP contribution is 2.26. The Kier molecular flexibility index (Phi) is 5.43. The van der Waals surface area contributed by atoms with Gasteiger partial charge in [0.2, 0.25) is 0 Å². The van der Waals surface area contributed by atoms with Crippen molar-refractivity contribution in [3.8, 4) is 5.75 Å². The average molecular weight is 348 g/mol. The predicted octanol–water partition coefficient (Wildman–Crippen LogP) is 4.18. The summed E-state index contributed by atoms with van der Waals surface area (Å²) in [5, 5.41) is 14.0. The zero-order chi connectivity index (χ0) is 18.4. The number of aromatic nitrogens is 2. The number of rotatable bonds is 6. The number of ether oxygens (including phenoxy) is 1. The Morgan fingerprint density at radius 1 is 1.04 bits per heavy atom. The molecule has 0 aliphatic carbocycles. The molecule has 6 heteroatoms. The fourth-order valence-electron chi connectivity index (χ4n) is 2.43. The number of nitrogens with zero attached hydrogens (tertiary/aromatic N) is 2. The number of amides is 1. The highest BCUT2D eigenvalue weighted by molar-refractivity contribution is 6.02. The number of carbonyl (C=O) groups is 1. The Bertz CT molecular complexity index is 894. The smallest absolute Gasteiger partial charge is 0.276 e. The zero-order valence-electron chi connectivity index (χ0n) is 14.7. The van der Waals surface area contributed by atoms with Crippen LogP contribution >= 0.6 is 0 Å². The average Bonchev–Trinajstić information content (AvgIpc) is 2.64. The topological polar surface area (TPSA) is 76.1 Å². The lowest BCUT2D eigenvalue weighted by Gasteiger charge is -2.11. The molecule has 0 saturated heterocycles. The number of aryl methyl sites for hydroxylation is 1. The van der Waals surface area contributed by atoms with Gasteiger partial charge in [-0.1, -0.05) is 24.3 Å². The second-order valence-electron chi connectivity index (χ2n) is 5.68. The minimum atomic E-state index is -0.302. The number of hydrogen-bond acceptors (Lipinski definition) is 5. The van der Waals surface area contributed by atoms with Crippen LogP contribution in [0.5, 0.6) is 5.75 Å². The molecule has 26 heavy (non-hydrogen) atoms. The van der Waals surface area contributed by atoms with Crippen molar-refractivity contribution < 1.29 is 9.53 Å². The fourth-order valence-corrected chi connectivity index (χ4v) is 2.43. The highest BCUT2D eigenvalue weighted by atomic mass is 16.5. The second-order valence-corrected chi connectivity index (χ2v) is 5.68. The van der Waals surface area contributed by atoms with Crippen LogP contribution in [0.4, 0.5) is 17.2 Å². The van der Waals surface area contributed by atoms with E-state index in [1.165, 1.54) is 0 Å². The molecule has 132 valence electrons. The molecule has 1 amide bonds. The Labute approximate surface area is 152 Å². The molecular weight excluding hydrogens is 328 g/mol. The van der Waals surface area contributed by atoms with E-state index in [4.69, 9.17) is 4.74 Å². The van der Waals surface area contributed by atoms with Gasteiger partial charge in [-0.05, 0) is 55.8 Å². The maximum absolute atomic E-state index is 12.3. The van der Waals surface area contributed by atoms with Crippen molar-refractivity contribution in [3.05, 3.63) is 71.9 Å². The highest BCUT2D eigenvalue weighted by Gasteiger charge is 2.10. The van der Waals surface area contributed by atoms with Crippen molar-refractivity contribution in [2.75, 3.05) is 17.2 Å². The summed E-state index contributed by atoms with van der Waals surface area (Å²) in [6, 6.07) is 18.5. The number of benzene rings is 2. The first kappa shape index (κ1) is 17.4. The predicted molar refractivity (Wildman–Crippen MR) is 102 cm³/mol. The molecule has 2 N–H and O–H groups in total. The molecule has 0 unspecified atom stereocenters. The van der Waals surface area contributed by atoms with E-state index in [0.717, 1.165) is 22.7 Å². The number of nitrogens with one attached hydrogen (secondary N) is 2. The Hall–Kier alpha value is -3.41. The third-order valence-corrected chi connectivity index (χ3v) is 3.62. The van der Waals surface area contributed by atoms with Gasteiger partial charge in [0.05, 0.1) is 12.3 Å². The number of hydrogen-bond donors (Lipinski definition) is 2. The Balaban J connectivity index is 1.69. The molecule has 1 aromatic heterocycles. The summed E-state index contributed by atoms with van der Waals surface area (Å²) in [5.74, 6) is 0.965. The maximum atomic E-state index is 12.3. The van der Waals surface area contributed by atoms with Gasteiger partial charge in [-0.15, -0.1) is 10.2 Å². The van der Waals surface area contributed by atoms with Gasteiger partial charge < -0.3 is 15.4 Å². The lowest BCUT2D eigenvalue weighted by atomic mass is 10.2. The molecule has 0 aliphatic rings. The molecule has 0 radical (unpaired) electrons. The number of para-hydroxylation sites is 2. The zero-order valence-corrected chi connectivity index (χ0v) is 14.7. The van der Waals surface area contributed by atoms with Gasteiger partial charge in [0.1, 0.15) is 5.75 Å². The van der Waals surface area contributed by atoms with Crippen LogP contribution in [0.2, 0.25) is 0 Å². The van der Waals surface area contributed by atoms with E-state index >= 15 is 0 Å². The SMILES string of the molecule is CCOc1ccccc1Nc1ccc(C(=O)Nc2cccc(C)c2)nn1. The molecule has 0 saturated carbocycles. The number of carbonyl (C=O) groups excluding carboxylic acids is 1. The van der Waals surface area contributed by atoms with Crippen LogP contribution in [0, 0.1) is 6.92 Å². The van der Waals surface area contributed by atoms with Crippen molar-refractivity contribution in [2.24, 2.45) is 0 Å². The lowest BCUT2D eigenvalue weighted by molar-refractivity contribution is 0.102. The quantitative estimate of drug-likeness (QED) is 0.699. The van der Waals surface area contributed by atoms with Crippen molar-refractivity contribution >= 4 is 23.1 Å². The van der Waals surface area contributed by atoms with Crippen LogP contribution in [-0.2, 0) is 0 Å². The number of anilines is 3. The van der Waals surface area contributed by atoms with Crippen LogP contribution in [0.25, 0.3) is 0 Å². The summed E-state index contributed by atoms with van der Waals surface area (Å²) in [6.07, 6.45) is 0. The Morgan fingerprint density at radius 2 is 1.88 bits per heavy atom. The minimum Gasteiger partial charge on any atom is -0.492 e. The fraction of sp³-hybridized carbons (Fsp3) is 0.150. The monoisotopic (exact) mass is 348 g/mol. The van der Waals surface area contributed by atoms with Gasteiger partial charge in [0, 0.05) is 5.69 Å². The molecule has 3 aromatic rings. The van der Waals surface area contributed by atoms with E-state index in [0.29, 0.717) is 12.4 Å². The van der Waals surface area contributed by atoms with Gasteiger partial charge in [-0.2, -0.15) is 0 Å². The molecule has 0 aliphatic heterocycles. The second kappa shape index (κ2) is 8.11. The van der Waals surface area contributed by atoms with E-state index in [2.05, 4.69) is 20.8 Å². The normalized spacial score (nSPS) is 10.2. The summed E-state index contributed by atoms with van der Waals surface area (Å²) in [5.41, 5.74) is 2.84. The van der Waals surface area contributed by atoms with Crippen LogP contribution in [-0.4, -0.2) is 22.7 Å². The van der Waals surface area contributed by atoms with Crippen molar-refractivity contribution in [2.45, 2.75) is 13.8 Å². The first-order chi connectivity index (χ1) is 12.7. The molecule has 1 heterocycles. The lowest BCUT2D eigenvalue weighted by Crippen LogP contribution is -2.14. The molecule has 0 spiro atoms. The van der Waals surface area contributed by atoms with Crippen LogP contribution in [0.3, 0.4) is 0 Å². The van der Waals surface area contributed by atoms with E-state index in [1.54, 1.807) is 12.1 Å². The van der Waals surface area contributed by atoms with E-state index in [-0.39, 0.29) is 11.6 Å². The molecule has 2 aromatic carbocycles. The summed E-state index contributed by atoms with van der Waals surface area (Å²) in [6.45, 7) is 4.47. The van der Waals surface area contributed by atoms with E-state index < -0.39 is 0 Å². The molecule has 0 fully saturated rings. The van der Waals surface area contributed by atoms with Crippen molar-refractivity contribution in [3.63, 3.8) is 0 Å². The van der Waals surface area contributed by atoms with Crippen molar-refractivity contribution in [1.82, 2.24) is 10.2 Å². The summed E-state index contributed by atoms with van der Waals surface area (Å²) < 4.78 is 5.57. The summed E-state index contributed by atoms with van der Waals surface area (Å²) >= 11 is 0. The van der Waals surface area contributed by atoms with Crippen molar-refractivity contribution in [1.29, 1.82) is 0 Å². The van der Waals surface area contributed by atoms with Crippen LogP contribution < -0.4 is 15.4 Å². The molecule has 3 rings (SSSR count). The van der Waals surface area contributed by atoms with Gasteiger partial charge >= 0.3 is 0 Å². The maximum Gasteiger partial charge on any atom is 0.276 e. The minimum absolute atomic E-state index is 0.246. The van der Waals surface area contributed by atoms with E-state index in [9.17, 15) is 4.79 Å². The third kappa shape index (κ3) is 4.36. The molecule has 0 atom stereocenters. The first-order valence-electron chi connectivity index (χ1n) is 8.36. The standard InChI is InChI=1S/C20H20N4O2/c1-3-26-18-10-5-4-9-16(18)22-19-12-11-17(23-24-19)20(25)21-15-8-6-7-14(2)13-15/h4-13H,3H2,1-2H3,(H,21,25)(H,22,24). The molecular formula is C20H20N4O2. The Morgan fingerprint density at radius 3 is 2.62 bits per heavy atom. The van der Waals surface area contributed by atoms with Gasteiger partial charge in [-0.3, -0.25) is 4.79 Å². The van der Waals surface area contributed by atoms with Crippen LogP contribution in [0.1, 0.15) is 23.0 Å². The van der Waals surface area contributed by atoms with Gasteiger partial charge in [0.15, 0.2) is 11.5 Å². The van der Waals surface area contributed by atoms with Gasteiger partial charge in [-0.25, -0.2) is 0 Å². The largest absolute Gasteiger partial charge is 0.492 e. The molecule has 0 bridgehead atoms. The third-order valence-electron chi connectivity index (χ3n) is 3.62. The summed E-state index contributed by atoms with van der Waals surface area (Å²) in [4.78, 5) is 12.3.